The number of likely N-dealkylation sites (tertiary alicyclic amines) is 1. The fraction of sp³-hybridized carbons (Fsp3) is 0.938. The third-order valence-corrected chi connectivity index (χ3v) is 4.89. The molecule has 0 aromatic carbocycles. The lowest BCUT2D eigenvalue weighted by Crippen LogP contribution is -2.47. The monoisotopic (exact) mass is 281 g/mol. The smallest absolute Gasteiger partial charge is 0.317 e. The number of nitrogens with one attached hydrogen (secondary N) is 2. The summed E-state index contributed by atoms with van der Waals surface area (Å²) in [5.74, 6) is 0.855. The first-order valence-electron chi connectivity index (χ1n) is 8.49. The molecule has 2 N–H and O–H groups in total. The molecule has 1 unspecified atom stereocenters. The molecule has 116 valence electrons. The summed E-state index contributed by atoms with van der Waals surface area (Å²) in [7, 11) is 2.01. The van der Waals surface area contributed by atoms with Crippen LogP contribution in [0, 0.1) is 5.92 Å². The van der Waals surface area contributed by atoms with Gasteiger partial charge in [0.2, 0.25) is 0 Å². The van der Waals surface area contributed by atoms with Crippen LogP contribution < -0.4 is 10.6 Å². The Hall–Kier alpha value is -0.770. The second-order valence-corrected chi connectivity index (χ2v) is 6.46. The van der Waals surface area contributed by atoms with Crippen LogP contribution in [0.3, 0.4) is 0 Å². The summed E-state index contributed by atoms with van der Waals surface area (Å²) in [4.78, 5) is 14.1. The summed E-state index contributed by atoms with van der Waals surface area (Å²) in [5.41, 5.74) is 0. The number of nitrogens with zero attached hydrogens (tertiary/aromatic N) is 1. The summed E-state index contributed by atoms with van der Waals surface area (Å²) in [6.45, 7) is 2.62. The highest BCUT2D eigenvalue weighted by Gasteiger charge is 2.20. The van der Waals surface area contributed by atoms with E-state index in [4.69, 9.17) is 0 Å². The van der Waals surface area contributed by atoms with Gasteiger partial charge in [0.25, 0.3) is 0 Å². The number of amides is 2. The highest BCUT2D eigenvalue weighted by molar-refractivity contribution is 5.74. The van der Waals surface area contributed by atoms with E-state index in [0.717, 1.165) is 38.4 Å². The summed E-state index contributed by atoms with van der Waals surface area (Å²) < 4.78 is 0. The molecule has 0 radical (unpaired) electrons. The number of rotatable bonds is 5. The zero-order chi connectivity index (χ0) is 14.2. The van der Waals surface area contributed by atoms with Crippen molar-refractivity contribution in [3.63, 3.8) is 0 Å². The van der Waals surface area contributed by atoms with Crippen LogP contribution in [0.15, 0.2) is 0 Å². The van der Waals surface area contributed by atoms with Crippen molar-refractivity contribution < 1.29 is 4.79 Å². The first kappa shape index (κ1) is 15.6. The van der Waals surface area contributed by atoms with Crippen LogP contribution in [0.1, 0.15) is 57.8 Å². The molecule has 2 fully saturated rings. The highest BCUT2D eigenvalue weighted by Crippen LogP contribution is 2.27. The van der Waals surface area contributed by atoms with Crippen LogP contribution in [-0.2, 0) is 0 Å². The fourth-order valence-electron chi connectivity index (χ4n) is 3.55. The average molecular weight is 281 g/mol. The molecule has 20 heavy (non-hydrogen) atoms. The van der Waals surface area contributed by atoms with Gasteiger partial charge in [0.05, 0.1) is 0 Å². The van der Waals surface area contributed by atoms with Gasteiger partial charge < -0.3 is 15.5 Å². The molecular formula is C16H31N3O. The van der Waals surface area contributed by atoms with E-state index in [1.54, 1.807) is 0 Å². The van der Waals surface area contributed by atoms with E-state index in [2.05, 4.69) is 10.6 Å². The molecule has 1 aliphatic carbocycles. The van der Waals surface area contributed by atoms with Crippen molar-refractivity contribution in [3.05, 3.63) is 0 Å². The summed E-state index contributed by atoms with van der Waals surface area (Å²) in [5, 5.41) is 6.49. The standard InChI is InChI=1S/C16H31N3O/c1-17-15(12-14-8-4-2-5-9-14)13-18-16(20)19-10-6-3-7-11-19/h14-15,17H,2-13H2,1H3,(H,18,20). The first-order chi connectivity index (χ1) is 9.79. The van der Waals surface area contributed by atoms with E-state index < -0.39 is 0 Å². The molecule has 4 nitrogen and oxygen atoms in total. The molecule has 2 amide bonds. The predicted octanol–water partition coefficient (Wildman–Crippen LogP) is 2.74. The number of likely N-dealkylation sites (N-methyl/N-ethyl adjacent to an activating group) is 1. The third-order valence-electron chi connectivity index (χ3n) is 4.89. The molecule has 1 saturated carbocycles. The maximum Gasteiger partial charge on any atom is 0.317 e. The van der Waals surface area contributed by atoms with Gasteiger partial charge in [-0.15, -0.1) is 0 Å². The topological polar surface area (TPSA) is 44.4 Å². The van der Waals surface area contributed by atoms with Crippen LogP contribution >= 0.6 is 0 Å². The van der Waals surface area contributed by atoms with Crippen molar-refractivity contribution in [1.29, 1.82) is 0 Å². The lowest BCUT2D eigenvalue weighted by atomic mass is 9.85. The number of hydrogen-bond acceptors (Lipinski definition) is 2. The molecule has 1 aliphatic heterocycles. The van der Waals surface area contributed by atoms with Crippen LogP contribution in [-0.4, -0.2) is 43.7 Å². The summed E-state index contributed by atoms with van der Waals surface area (Å²) >= 11 is 0. The second kappa shape index (κ2) is 8.50. The number of urea groups is 1. The van der Waals surface area contributed by atoms with E-state index in [9.17, 15) is 4.79 Å². The molecule has 0 spiro atoms. The van der Waals surface area contributed by atoms with E-state index in [-0.39, 0.29) is 6.03 Å². The largest absolute Gasteiger partial charge is 0.336 e. The van der Waals surface area contributed by atoms with Crippen LogP contribution in [0.2, 0.25) is 0 Å². The van der Waals surface area contributed by atoms with Crippen LogP contribution in [0.25, 0.3) is 0 Å². The zero-order valence-electron chi connectivity index (χ0n) is 13.0. The minimum atomic E-state index is 0.133. The molecule has 4 heteroatoms. The van der Waals surface area contributed by atoms with Gasteiger partial charge in [0.15, 0.2) is 0 Å². The molecule has 0 aromatic rings. The Morgan fingerprint density at radius 1 is 1.10 bits per heavy atom. The van der Waals surface area contributed by atoms with Gasteiger partial charge in [0, 0.05) is 25.7 Å². The summed E-state index contributed by atoms with van der Waals surface area (Å²) in [6.07, 6.45) is 11.7. The molecule has 0 bridgehead atoms. The Balaban J connectivity index is 1.68. The van der Waals surface area contributed by atoms with E-state index in [0.29, 0.717) is 6.04 Å². The average Bonchev–Trinajstić information content (AvgIpc) is 2.53. The van der Waals surface area contributed by atoms with E-state index in [1.165, 1.54) is 44.9 Å². The van der Waals surface area contributed by atoms with Gasteiger partial charge in [-0.1, -0.05) is 32.1 Å². The van der Waals surface area contributed by atoms with Gasteiger partial charge >= 0.3 is 6.03 Å². The Morgan fingerprint density at radius 3 is 2.40 bits per heavy atom. The number of piperidine rings is 1. The molecule has 0 aromatic heterocycles. The molecular weight excluding hydrogens is 250 g/mol. The quantitative estimate of drug-likeness (QED) is 0.814. The van der Waals surface area contributed by atoms with Crippen molar-refractivity contribution in [3.8, 4) is 0 Å². The summed E-state index contributed by atoms with van der Waals surface area (Å²) in [6, 6.07) is 0.556. The maximum atomic E-state index is 12.1. The van der Waals surface area contributed by atoms with Gasteiger partial charge in [-0.05, 0) is 38.6 Å². The lowest BCUT2D eigenvalue weighted by molar-refractivity contribution is 0.184. The predicted molar refractivity (Wildman–Crippen MR) is 82.9 cm³/mol. The Labute approximate surface area is 123 Å². The van der Waals surface area contributed by atoms with E-state index >= 15 is 0 Å². The van der Waals surface area contributed by atoms with Crippen molar-refractivity contribution in [2.24, 2.45) is 5.92 Å². The lowest BCUT2D eigenvalue weighted by Gasteiger charge is -2.29. The maximum absolute atomic E-state index is 12.1. The Morgan fingerprint density at radius 2 is 1.75 bits per heavy atom. The Kier molecular flexibility index (Phi) is 6.64. The molecule has 2 aliphatic rings. The first-order valence-corrected chi connectivity index (χ1v) is 8.49. The second-order valence-electron chi connectivity index (χ2n) is 6.46. The normalized spacial score (nSPS) is 22.6. The van der Waals surface area contributed by atoms with Crippen LogP contribution in [0.4, 0.5) is 4.79 Å². The van der Waals surface area contributed by atoms with Crippen molar-refractivity contribution in [2.75, 3.05) is 26.7 Å². The SMILES string of the molecule is CNC(CNC(=O)N1CCCCC1)CC1CCCCC1. The minimum Gasteiger partial charge on any atom is -0.336 e. The van der Waals surface area contributed by atoms with Gasteiger partial charge in [0.1, 0.15) is 0 Å². The van der Waals surface area contributed by atoms with E-state index in [1.807, 2.05) is 11.9 Å². The van der Waals surface area contributed by atoms with Gasteiger partial charge in [-0.3, -0.25) is 0 Å². The molecule has 1 heterocycles. The Bertz CT molecular complexity index is 283. The highest BCUT2D eigenvalue weighted by atomic mass is 16.2. The van der Waals surface area contributed by atoms with Crippen LogP contribution in [0.5, 0.6) is 0 Å². The minimum absolute atomic E-state index is 0.133. The number of carbonyl (C=O) groups excluding carboxylic acids is 1. The third kappa shape index (κ3) is 4.97. The van der Waals surface area contributed by atoms with Crippen molar-refractivity contribution in [2.45, 2.75) is 63.8 Å². The number of carbonyl (C=O) groups is 1. The van der Waals surface area contributed by atoms with Crippen molar-refractivity contribution >= 4 is 6.03 Å². The van der Waals surface area contributed by atoms with Gasteiger partial charge in [-0.25, -0.2) is 4.79 Å². The molecule has 2 rings (SSSR count). The van der Waals surface area contributed by atoms with Gasteiger partial charge in [-0.2, -0.15) is 0 Å². The van der Waals surface area contributed by atoms with Crippen molar-refractivity contribution in [1.82, 2.24) is 15.5 Å². The molecule has 1 atom stereocenters. The fourth-order valence-corrected chi connectivity index (χ4v) is 3.55. The number of hydrogen-bond donors (Lipinski definition) is 2. The molecule has 1 saturated heterocycles. The zero-order valence-corrected chi connectivity index (χ0v) is 13.0.